The fourth-order valence-corrected chi connectivity index (χ4v) is 3.55. The summed E-state index contributed by atoms with van der Waals surface area (Å²) in [5.74, 6) is 1.80. The largest absolute Gasteiger partial charge is 0.490 e. The van der Waals surface area contributed by atoms with Gasteiger partial charge in [0.15, 0.2) is 11.5 Å². The van der Waals surface area contributed by atoms with Gasteiger partial charge in [0.05, 0.1) is 13.2 Å². The number of ether oxygens (including phenoxy) is 2. The zero-order valence-electron chi connectivity index (χ0n) is 18.2. The second kappa shape index (κ2) is 14.3. The number of rotatable bonds is 16. The van der Waals surface area contributed by atoms with Crippen LogP contribution in [0.15, 0.2) is 36.4 Å². The molecule has 156 valence electrons. The molecule has 0 aliphatic heterocycles. The van der Waals surface area contributed by atoms with E-state index in [1.54, 1.807) is 0 Å². The van der Waals surface area contributed by atoms with Crippen LogP contribution in [0, 0.1) is 0 Å². The molecule has 0 radical (unpaired) electrons. The number of hydrogen-bond acceptors (Lipinski definition) is 2. The van der Waals surface area contributed by atoms with Gasteiger partial charge >= 0.3 is 0 Å². The van der Waals surface area contributed by atoms with Crippen LogP contribution in [-0.4, -0.2) is 13.2 Å². The molecule has 2 nitrogen and oxygen atoms in total. The smallest absolute Gasteiger partial charge is 0.161 e. The third kappa shape index (κ3) is 8.54. The van der Waals surface area contributed by atoms with Crippen LogP contribution in [0.25, 0.3) is 10.8 Å². The minimum Gasteiger partial charge on any atom is -0.490 e. The van der Waals surface area contributed by atoms with Gasteiger partial charge in [0, 0.05) is 0 Å². The van der Waals surface area contributed by atoms with Gasteiger partial charge in [-0.1, -0.05) is 102 Å². The predicted octanol–water partition coefficient (Wildman–Crippen LogP) is 8.32. The first kappa shape index (κ1) is 22.6. The third-order valence-corrected chi connectivity index (χ3v) is 5.32. The molecule has 0 aliphatic carbocycles. The van der Waals surface area contributed by atoms with Crippen LogP contribution in [0.1, 0.15) is 90.9 Å². The Hall–Kier alpha value is -1.70. The van der Waals surface area contributed by atoms with Crippen molar-refractivity contribution in [3.05, 3.63) is 36.4 Å². The van der Waals surface area contributed by atoms with Gasteiger partial charge in [-0.25, -0.2) is 0 Å². The zero-order valence-corrected chi connectivity index (χ0v) is 18.2. The van der Waals surface area contributed by atoms with Crippen molar-refractivity contribution >= 4 is 10.8 Å². The fourth-order valence-electron chi connectivity index (χ4n) is 3.55. The highest BCUT2D eigenvalue weighted by molar-refractivity contribution is 5.86. The molecule has 0 heterocycles. The first-order chi connectivity index (χ1) is 13.8. The molecule has 0 N–H and O–H groups in total. The zero-order chi connectivity index (χ0) is 19.9. The van der Waals surface area contributed by atoms with Crippen LogP contribution in [-0.2, 0) is 0 Å². The summed E-state index contributed by atoms with van der Waals surface area (Å²) in [6.07, 6.45) is 15.4. The quantitative estimate of drug-likeness (QED) is 0.271. The second-order valence-electron chi connectivity index (χ2n) is 7.88. The van der Waals surface area contributed by atoms with E-state index in [-0.39, 0.29) is 0 Å². The molecule has 2 aromatic rings. The summed E-state index contributed by atoms with van der Waals surface area (Å²) in [6, 6.07) is 12.7. The summed E-state index contributed by atoms with van der Waals surface area (Å²) in [4.78, 5) is 0. The van der Waals surface area contributed by atoms with E-state index in [9.17, 15) is 0 Å². The van der Waals surface area contributed by atoms with Crippen LogP contribution >= 0.6 is 0 Å². The molecule has 0 spiro atoms. The Labute approximate surface area is 172 Å². The van der Waals surface area contributed by atoms with Crippen LogP contribution in [0.4, 0.5) is 0 Å². The van der Waals surface area contributed by atoms with Gasteiger partial charge in [-0.2, -0.15) is 0 Å². The van der Waals surface area contributed by atoms with E-state index >= 15 is 0 Å². The molecule has 0 aliphatic rings. The van der Waals surface area contributed by atoms with Crippen LogP contribution in [0.3, 0.4) is 0 Å². The Morgan fingerprint density at radius 1 is 0.536 bits per heavy atom. The Morgan fingerprint density at radius 3 is 1.36 bits per heavy atom. The molecule has 0 amide bonds. The lowest BCUT2D eigenvalue weighted by Crippen LogP contribution is -2.03. The minimum atomic E-state index is 0.776. The molecule has 0 unspecified atom stereocenters. The minimum absolute atomic E-state index is 0.776. The summed E-state index contributed by atoms with van der Waals surface area (Å²) in [5.41, 5.74) is 0. The molecule has 0 saturated heterocycles. The van der Waals surface area contributed by atoms with Gasteiger partial charge in [-0.3, -0.25) is 0 Å². The lowest BCUT2D eigenvalue weighted by Gasteiger charge is -2.14. The van der Waals surface area contributed by atoms with Gasteiger partial charge in [0.25, 0.3) is 0 Å². The highest BCUT2D eigenvalue weighted by Crippen LogP contribution is 2.33. The van der Waals surface area contributed by atoms with Crippen molar-refractivity contribution in [2.24, 2.45) is 0 Å². The van der Waals surface area contributed by atoms with Gasteiger partial charge < -0.3 is 9.47 Å². The Balaban J connectivity index is 1.84. The Bertz CT molecular complexity index is 593. The number of hydrogen-bond donors (Lipinski definition) is 0. The average Bonchev–Trinajstić information content (AvgIpc) is 2.72. The summed E-state index contributed by atoms with van der Waals surface area (Å²) < 4.78 is 12.3. The van der Waals surface area contributed by atoms with Crippen molar-refractivity contribution in [3.63, 3.8) is 0 Å². The van der Waals surface area contributed by atoms with Crippen LogP contribution in [0.2, 0.25) is 0 Å². The predicted molar refractivity (Wildman–Crippen MR) is 122 cm³/mol. The summed E-state index contributed by atoms with van der Waals surface area (Å²) in [5, 5.41) is 2.43. The molecule has 2 rings (SSSR count). The molecule has 0 saturated carbocycles. The molecule has 2 aromatic carbocycles. The Morgan fingerprint density at radius 2 is 0.929 bits per heavy atom. The number of unbranched alkanes of at least 4 members (excludes halogenated alkanes) is 10. The maximum Gasteiger partial charge on any atom is 0.161 e. The third-order valence-electron chi connectivity index (χ3n) is 5.32. The van der Waals surface area contributed by atoms with E-state index in [1.807, 2.05) is 0 Å². The second-order valence-corrected chi connectivity index (χ2v) is 7.88. The van der Waals surface area contributed by atoms with E-state index < -0.39 is 0 Å². The lowest BCUT2D eigenvalue weighted by molar-refractivity contribution is 0.259. The van der Waals surface area contributed by atoms with E-state index in [0.717, 1.165) is 37.6 Å². The number of benzene rings is 2. The monoisotopic (exact) mass is 384 g/mol. The first-order valence-corrected chi connectivity index (χ1v) is 11.6. The highest BCUT2D eigenvalue weighted by Gasteiger charge is 2.08. The maximum absolute atomic E-state index is 6.14. The average molecular weight is 385 g/mol. The normalized spacial score (nSPS) is 11.1. The van der Waals surface area contributed by atoms with Gasteiger partial charge in [-0.05, 0) is 35.7 Å². The van der Waals surface area contributed by atoms with E-state index in [4.69, 9.17) is 9.47 Å². The molecular formula is C26H40O2. The lowest BCUT2D eigenvalue weighted by atomic mass is 10.1. The van der Waals surface area contributed by atoms with Gasteiger partial charge in [0.2, 0.25) is 0 Å². The molecule has 0 bridgehead atoms. The van der Waals surface area contributed by atoms with E-state index in [2.05, 4.69) is 50.2 Å². The van der Waals surface area contributed by atoms with Gasteiger partial charge in [0.1, 0.15) is 0 Å². The van der Waals surface area contributed by atoms with Crippen molar-refractivity contribution in [2.75, 3.05) is 13.2 Å². The van der Waals surface area contributed by atoms with Crippen molar-refractivity contribution < 1.29 is 9.47 Å². The first-order valence-electron chi connectivity index (χ1n) is 11.6. The fraction of sp³-hybridized carbons (Fsp3) is 0.615. The summed E-state index contributed by atoms with van der Waals surface area (Å²) in [6.45, 7) is 6.07. The molecule has 0 fully saturated rings. The Kier molecular flexibility index (Phi) is 11.6. The van der Waals surface area contributed by atoms with Crippen molar-refractivity contribution in [1.29, 1.82) is 0 Å². The number of fused-ring (bicyclic) bond motifs is 1. The van der Waals surface area contributed by atoms with E-state index in [0.29, 0.717) is 0 Å². The van der Waals surface area contributed by atoms with Crippen LogP contribution < -0.4 is 9.47 Å². The SMILES string of the molecule is CCCCCCCCOc1cc2ccccc2cc1OCCCCCCCC. The molecule has 0 atom stereocenters. The van der Waals surface area contributed by atoms with Crippen LogP contribution in [0.5, 0.6) is 11.5 Å². The van der Waals surface area contributed by atoms with Crippen molar-refractivity contribution in [1.82, 2.24) is 0 Å². The molecular weight excluding hydrogens is 344 g/mol. The molecule has 0 aromatic heterocycles. The summed E-state index contributed by atoms with van der Waals surface area (Å²) in [7, 11) is 0. The van der Waals surface area contributed by atoms with E-state index in [1.165, 1.54) is 75.0 Å². The maximum atomic E-state index is 6.14. The standard InChI is InChI=1S/C26H40O2/c1-3-5-7-9-11-15-19-27-25-21-23-17-13-14-18-24(23)22-26(25)28-20-16-12-10-8-6-4-2/h13-14,17-18,21-22H,3-12,15-16,19-20H2,1-2H3. The van der Waals surface area contributed by atoms with Crippen molar-refractivity contribution in [3.8, 4) is 11.5 Å². The highest BCUT2D eigenvalue weighted by atomic mass is 16.5. The molecule has 2 heteroatoms. The summed E-state index contributed by atoms with van der Waals surface area (Å²) >= 11 is 0. The van der Waals surface area contributed by atoms with Crippen molar-refractivity contribution in [2.45, 2.75) is 90.9 Å². The topological polar surface area (TPSA) is 18.5 Å². The van der Waals surface area contributed by atoms with Gasteiger partial charge in [-0.15, -0.1) is 0 Å². The molecule has 28 heavy (non-hydrogen) atoms.